The number of aliphatic imine (C=N–C) groups is 1. The van der Waals surface area contributed by atoms with E-state index in [1.54, 1.807) is 23.9 Å². The molecule has 0 atom stereocenters. The molecule has 0 saturated heterocycles. The van der Waals surface area contributed by atoms with Crippen molar-refractivity contribution in [3.05, 3.63) is 28.8 Å². The fraction of sp³-hybridized carbons (Fsp3) is 0.467. The number of hydrogen-bond donors (Lipinski definition) is 1. The van der Waals surface area contributed by atoms with Crippen molar-refractivity contribution < 1.29 is 0 Å². The predicted octanol–water partition coefficient (Wildman–Crippen LogP) is 4.29. The third-order valence-corrected chi connectivity index (χ3v) is 5.65. The van der Waals surface area contributed by atoms with Crippen molar-refractivity contribution in [2.75, 3.05) is 17.6 Å². The number of anilines is 1. The first kappa shape index (κ1) is 13.8. The average molecular weight is 306 g/mol. The van der Waals surface area contributed by atoms with Gasteiger partial charge >= 0.3 is 0 Å². The molecule has 0 amide bonds. The van der Waals surface area contributed by atoms with Gasteiger partial charge < -0.3 is 5.32 Å². The van der Waals surface area contributed by atoms with Gasteiger partial charge in [-0.05, 0) is 36.5 Å². The second kappa shape index (κ2) is 5.67. The third kappa shape index (κ3) is 2.79. The molecule has 0 bridgehead atoms. The van der Waals surface area contributed by atoms with Crippen LogP contribution in [0.5, 0.6) is 0 Å². The Hall–Kier alpha value is -1.18. The molecular weight excluding hydrogens is 290 g/mol. The molecule has 3 nitrogen and oxygen atoms in total. The Balaban J connectivity index is 1.68. The summed E-state index contributed by atoms with van der Waals surface area (Å²) in [6, 6.07) is 7.45. The Kier molecular flexibility index (Phi) is 3.91. The summed E-state index contributed by atoms with van der Waals surface area (Å²) < 4.78 is 0. The number of rotatable bonds is 1. The first-order valence-corrected chi connectivity index (χ1v) is 8.21. The Morgan fingerprint density at radius 1 is 1.35 bits per heavy atom. The van der Waals surface area contributed by atoms with Crippen LogP contribution in [0, 0.1) is 16.7 Å². The molecule has 1 spiro atoms. The molecule has 1 fully saturated rings. The van der Waals surface area contributed by atoms with E-state index in [-0.39, 0.29) is 0 Å². The number of halogens is 1. The monoisotopic (exact) mass is 305 g/mol. The van der Waals surface area contributed by atoms with Crippen molar-refractivity contribution in [1.82, 2.24) is 0 Å². The first-order valence-electron chi connectivity index (χ1n) is 6.85. The topological polar surface area (TPSA) is 48.2 Å². The summed E-state index contributed by atoms with van der Waals surface area (Å²) in [5, 5.41) is 13.6. The van der Waals surface area contributed by atoms with Gasteiger partial charge in [-0.3, -0.25) is 4.99 Å². The van der Waals surface area contributed by atoms with Crippen molar-refractivity contribution >= 4 is 34.2 Å². The average Bonchev–Trinajstić information content (AvgIpc) is 2.90. The van der Waals surface area contributed by atoms with Gasteiger partial charge in [-0.15, -0.1) is 0 Å². The van der Waals surface area contributed by atoms with E-state index in [0.29, 0.717) is 16.0 Å². The van der Waals surface area contributed by atoms with Crippen molar-refractivity contribution in [3.8, 4) is 6.07 Å². The van der Waals surface area contributed by atoms with Crippen molar-refractivity contribution in [1.29, 1.82) is 5.26 Å². The maximum Gasteiger partial charge on any atom is 0.161 e. The van der Waals surface area contributed by atoms with Crippen LogP contribution in [0.2, 0.25) is 5.02 Å². The lowest BCUT2D eigenvalue weighted by Crippen LogP contribution is -2.30. The molecule has 1 saturated carbocycles. The quantitative estimate of drug-likeness (QED) is 0.842. The highest BCUT2D eigenvalue weighted by molar-refractivity contribution is 8.14. The SMILES string of the molecule is N#Cc1ccc(NC2=NCC3(CCCC3)CS2)cc1Cl. The summed E-state index contributed by atoms with van der Waals surface area (Å²) in [7, 11) is 0. The van der Waals surface area contributed by atoms with E-state index >= 15 is 0 Å². The lowest BCUT2D eigenvalue weighted by molar-refractivity contribution is 0.359. The summed E-state index contributed by atoms with van der Waals surface area (Å²) in [6.07, 6.45) is 5.34. The lowest BCUT2D eigenvalue weighted by Gasteiger charge is -2.31. The standard InChI is InChI=1S/C15H16ClN3S/c16-13-7-12(4-3-11(13)8-17)19-14-18-9-15(10-20-14)5-1-2-6-15/h3-4,7H,1-2,5-6,9-10H2,(H,18,19). The van der Waals surface area contributed by atoms with E-state index in [1.165, 1.54) is 25.7 Å². The maximum atomic E-state index is 8.87. The normalized spacial score (nSPS) is 20.5. The van der Waals surface area contributed by atoms with Crippen LogP contribution in [0.25, 0.3) is 0 Å². The molecule has 5 heteroatoms. The summed E-state index contributed by atoms with van der Waals surface area (Å²) in [4.78, 5) is 4.69. The van der Waals surface area contributed by atoms with E-state index in [9.17, 15) is 0 Å². The highest BCUT2D eigenvalue weighted by atomic mass is 35.5. The van der Waals surface area contributed by atoms with E-state index in [4.69, 9.17) is 21.9 Å². The lowest BCUT2D eigenvalue weighted by atomic mass is 9.89. The number of nitrogens with zero attached hydrogens (tertiary/aromatic N) is 2. The first-order chi connectivity index (χ1) is 9.71. The van der Waals surface area contributed by atoms with Crippen LogP contribution < -0.4 is 5.32 Å². The largest absolute Gasteiger partial charge is 0.335 e. The zero-order valence-electron chi connectivity index (χ0n) is 11.2. The van der Waals surface area contributed by atoms with E-state index in [2.05, 4.69) is 11.4 Å². The second-order valence-corrected chi connectivity index (χ2v) is 6.92. The number of thioether (sulfide) groups is 1. The van der Waals surface area contributed by atoms with Gasteiger partial charge in [-0.25, -0.2) is 0 Å². The molecule has 0 aromatic heterocycles. The number of hydrogen-bond acceptors (Lipinski definition) is 4. The summed E-state index contributed by atoms with van der Waals surface area (Å²) in [6.45, 7) is 0.937. The fourth-order valence-electron chi connectivity index (χ4n) is 2.86. The molecule has 0 unspecified atom stereocenters. The van der Waals surface area contributed by atoms with Crippen molar-refractivity contribution in [2.45, 2.75) is 25.7 Å². The minimum Gasteiger partial charge on any atom is -0.335 e. The van der Waals surface area contributed by atoms with Crippen LogP contribution in [0.4, 0.5) is 5.69 Å². The molecule has 1 N–H and O–H groups in total. The molecule has 3 rings (SSSR count). The maximum absolute atomic E-state index is 8.87. The van der Waals surface area contributed by atoms with Gasteiger partial charge in [0, 0.05) is 18.0 Å². The van der Waals surface area contributed by atoms with Gasteiger partial charge in [0.15, 0.2) is 5.17 Å². The van der Waals surface area contributed by atoms with Gasteiger partial charge in [-0.1, -0.05) is 36.2 Å². The molecule has 1 aromatic rings. The minimum atomic E-state index is 0.457. The molecule has 104 valence electrons. The Morgan fingerprint density at radius 3 is 2.75 bits per heavy atom. The van der Waals surface area contributed by atoms with Crippen LogP contribution >= 0.6 is 23.4 Å². The van der Waals surface area contributed by atoms with E-state index < -0.39 is 0 Å². The number of nitrogens with one attached hydrogen (secondary N) is 1. The van der Waals surface area contributed by atoms with E-state index in [0.717, 1.165) is 23.2 Å². The number of amidine groups is 1. The van der Waals surface area contributed by atoms with Crippen LogP contribution in [-0.4, -0.2) is 17.5 Å². The van der Waals surface area contributed by atoms with Crippen molar-refractivity contribution in [2.24, 2.45) is 10.4 Å². The number of benzene rings is 1. The Labute approximate surface area is 128 Å². The highest BCUT2D eigenvalue weighted by Gasteiger charge is 2.36. The molecule has 2 aliphatic rings. The second-order valence-electron chi connectivity index (χ2n) is 5.55. The smallest absolute Gasteiger partial charge is 0.161 e. The molecule has 1 aliphatic carbocycles. The van der Waals surface area contributed by atoms with Crippen LogP contribution in [0.15, 0.2) is 23.2 Å². The summed E-state index contributed by atoms with van der Waals surface area (Å²) in [5.41, 5.74) is 1.85. The van der Waals surface area contributed by atoms with Gasteiger partial charge in [0.1, 0.15) is 6.07 Å². The molecule has 1 aromatic carbocycles. The van der Waals surface area contributed by atoms with Gasteiger partial charge in [0.05, 0.1) is 10.6 Å². The number of nitriles is 1. The molecule has 0 radical (unpaired) electrons. The molecule has 1 aliphatic heterocycles. The molecular formula is C15H16ClN3S. The fourth-order valence-corrected chi connectivity index (χ4v) is 4.25. The molecule has 20 heavy (non-hydrogen) atoms. The van der Waals surface area contributed by atoms with E-state index in [1.807, 2.05) is 6.07 Å². The molecule has 1 heterocycles. The van der Waals surface area contributed by atoms with Crippen molar-refractivity contribution in [3.63, 3.8) is 0 Å². The van der Waals surface area contributed by atoms with Crippen LogP contribution in [-0.2, 0) is 0 Å². The Morgan fingerprint density at radius 2 is 2.15 bits per heavy atom. The summed E-state index contributed by atoms with van der Waals surface area (Å²) in [5.74, 6) is 1.16. The van der Waals surface area contributed by atoms with Gasteiger partial charge in [0.2, 0.25) is 0 Å². The highest BCUT2D eigenvalue weighted by Crippen LogP contribution is 2.43. The zero-order chi connectivity index (χ0) is 14.0. The van der Waals surface area contributed by atoms with Crippen LogP contribution in [0.1, 0.15) is 31.2 Å². The Bertz CT molecular complexity index is 585. The van der Waals surface area contributed by atoms with Gasteiger partial charge in [-0.2, -0.15) is 5.26 Å². The zero-order valence-corrected chi connectivity index (χ0v) is 12.7. The third-order valence-electron chi connectivity index (χ3n) is 4.08. The van der Waals surface area contributed by atoms with Crippen LogP contribution in [0.3, 0.4) is 0 Å². The van der Waals surface area contributed by atoms with Gasteiger partial charge in [0.25, 0.3) is 0 Å². The minimum absolute atomic E-state index is 0.457. The predicted molar refractivity (Wildman–Crippen MR) is 85.5 cm³/mol. The summed E-state index contributed by atoms with van der Waals surface area (Å²) >= 11 is 7.84.